The van der Waals surface area contributed by atoms with Gasteiger partial charge in [-0.3, -0.25) is 4.99 Å². The molecule has 17 rings (SSSR count). The maximum Gasteiger partial charge on any atom is 2.00 e. The fourth-order valence-electron chi connectivity index (χ4n) is 16.3. The number of nitrogens with zero attached hydrogens (tertiary/aromatic N) is 7. The molecule has 12 aromatic carbocycles. The molecule has 1 atom stereocenters. The van der Waals surface area contributed by atoms with Gasteiger partial charge in [0.05, 0.1) is 126 Å². The number of hydrogen-bond donors (Lipinski definition) is 1. The van der Waals surface area contributed by atoms with Crippen molar-refractivity contribution in [2.75, 3.05) is 58.2 Å². The van der Waals surface area contributed by atoms with E-state index in [9.17, 15) is 0 Å². The van der Waals surface area contributed by atoms with Gasteiger partial charge >= 0.3 is 17.1 Å². The van der Waals surface area contributed by atoms with Crippen molar-refractivity contribution in [2.45, 2.75) is 247 Å². The predicted octanol–water partition coefficient (Wildman–Crippen LogP) is 33.2. The molecule has 1 unspecified atom stereocenters. The molecule has 0 saturated heterocycles. The van der Waals surface area contributed by atoms with E-state index >= 15 is 0 Å². The molecular formula is C120H130CuN8O8S8. The van der Waals surface area contributed by atoms with Crippen LogP contribution < -0.4 is 64.2 Å². The first-order valence-corrected chi connectivity index (χ1v) is 57.3. The average Bonchev–Trinajstić information content (AvgIpc) is 1.55. The second kappa shape index (κ2) is 51.7. The minimum atomic E-state index is -1.10. The Morgan fingerprint density at radius 2 is 0.462 bits per heavy atom. The van der Waals surface area contributed by atoms with Crippen LogP contribution in [0.3, 0.4) is 0 Å². The third-order valence-electron chi connectivity index (χ3n) is 24.2. The number of benzene rings is 12. The quantitative estimate of drug-likeness (QED) is 0.0356. The minimum Gasteiger partial charge on any atom is -0.492 e. The Labute approximate surface area is 900 Å². The van der Waals surface area contributed by atoms with Gasteiger partial charge in [-0.05, 0) is 196 Å². The molecule has 1 radical (unpaired) electrons. The van der Waals surface area contributed by atoms with Crippen LogP contribution in [-0.4, -0.2) is 70.4 Å². The van der Waals surface area contributed by atoms with E-state index in [0.29, 0.717) is 180 Å². The van der Waals surface area contributed by atoms with Gasteiger partial charge in [0.2, 0.25) is 0 Å². The number of aromatic nitrogens is 2. The smallest absolute Gasteiger partial charge is 0.492 e. The van der Waals surface area contributed by atoms with Crippen LogP contribution in [0.1, 0.15) is 191 Å². The van der Waals surface area contributed by atoms with Crippen molar-refractivity contribution in [3.63, 3.8) is 0 Å². The van der Waals surface area contributed by atoms with Gasteiger partial charge in [0.25, 0.3) is 0 Å². The topological polar surface area (TPSA) is 176 Å². The monoisotopic (exact) mass is 2130 g/mol. The Hall–Kier alpha value is -10.2. The van der Waals surface area contributed by atoms with Gasteiger partial charge < -0.3 is 68.2 Å². The molecule has 0 amide bonds. The van der Waals surface area contributed by atoms with E-state index in [1.807, 2.05) is 0 Å². The number of aliphatic imine (C=N–C) groups is 3. The van der Waals surface area contributed by atoms with Crippen molar-refractivity contribution in [1.29, 1.82) is 0 Å². The van der Waals surface area contributed by atoms with Crippen LogP contribution in [0.2, 0.25) is 0 Å². The van der Waals surface area contributed by atoms with Crippen LogP contribution in [0.5, 0.6) is 46.0 Å². The first-order valence-electron chi connectivity index (χ1n) is 50.7. The molecule has 5 heterocycles. The van der Waals surface area contributed by atoms with Crippen LogP contribution in [0.4, 0.5) is 11.6 Å². The molecule has 0 spiro atoms. The number of hydrogen-bond acceptors (Lipinski definition) is 22. The molecule has 0 saturated carbocycles. The summed E-state index contributed by atoms with van der Waals surface area (Å²) >= 11 is 13.1. The van der Waals surface area contributed by atoms with Crippen LogP contribution >= 0.6 is 94.1 Å². The van der Waals surface area contributed by atoms with E-state index < -0.39 is 6.17 Å². The van der Waals surface area contributed by atoms with E-state index in [0.717, 1.165) is 104 Å². The summed E-state index contributed by atoms with van der Waals surface area (Å²) < 4.78 is 62.8. The molecule has 3 aliphatic rings. The molecule has 3 aliphatic heterocycles. The Kier molecular flexibility index (Phi) is 38.3. The third kappa shape index (κ3) is 26.9. The Bertz CT molecular complexity index is 6960. The number of nitrogens with one attached hydrogen (secondary N) is 1. The summed E-state index contributed by atoms with van der Waals surface area (Å²) in [6.45, 7) is 38.5. The summed E-state index contributed by atoms with van der Waals surface area (Å²) in [6, 6.07) is 84.5. The van der Waals surface area contributed by atoms with Crippen LogP contribution in [0.25, 0.3) is 21.5 Å². The van der Waals surface area contributed by atoms with E-state index in [-0.39, 0.29) is 92.9 Å². The molecule has 0 aliphatic carbocycles. The summed E-state index contributed by atoms with van der Waals surface area (Å²) in [5.74, 6) is 8.02. The first kappa shape index (κ1) is 108. The third-order valence-corrected chi connectivity index (χ3v) is 33.5. The Morgan fingerprint density at radius 3 is 0.738 bits per heavy atom. The van der Waals surface area contributed by atoms with E-state index in [4.69, 9.17) is 72.8 Å². The van der Waals surface area contributed by atoms with Gasteiger partial charge in [0.1, 0.15) is 52.2 Å². The van der Waals surface area contributed by atoms with E-state index in [1.165, 1.54) is 0 Å². The van der Waals surface area contributed by atoms with Gasteiger partial charge in [-0.1, -0.05) is 350 Å². The van der Waals surface area contributed by atoms with Crippen LogP contribution in [0.15, 0.2) is 346 Å². The van der Waals surface area contributed by atoms with Gasteiger partial charge in [-0.15, -0.1) is 0 Å². The first-order chi connectivity index (χ1) is 70.0. The fourth-order valence-corrected chi connectivity index (χ4v) is 25.1. The molecule has 1 N–H and O–H groups in total. The Balaban J connectivity index is 0.0000151. The summed E-state index contributed by atoms with van der Waals surface area (Å²) in [4.78, 5) is 58.1. The molecule has 2 aromatic heterocycles. The normalized spacial score (nSPS) is 13.5. The van der Waals surface area contributed by atoms with Crippen molar-refractivity contribution in [1.82, 2.24) is 9.97 Å². The van der Waals surface area contributed by atoms with Crippen molar-refractivity contribution >= 4 is 145 Å². The van der Waals surface area contributed by atoms with Gasteiger partial charge in [0.15, 0.2) is 0 Å². The van der Waals surface area contributed by atoms with Crippen molar-refractivity contribution in [2.24, 2.45) is 72.3 Å². The summed E-state index contributed by atoms with van der Waals surface area (Å²) in [6.07, 6.45) is 4.63. The fraction of sp³-hybridized carbons (Fsp3) is 0.342. The summed E-state index contributed by atoms with van der Waals surface area (Å²) in [5.41, 5.74) is 2.92. The number of ether oxygens (including phenoxy) is 8. The van der Waals surface area contributed by atoms with Crippen molar-refractivity contribution < 1.29 is 55.0 Å². The Morgan fingerprint density at radius 1 is 0.241 bits per heavy atom. The zero-order valence-corrected chi connectivity index (χ0v) is 93.0. The number of anilines is 1. The van der Waals surface area contributed by atoms with Crippen molar-refractivity contribution in [3.05, 3.63) is 276 Å². The summed E-state index contributed by atoms with van der Waals surface area (Å²) in [5, 5.41) is 6.61. The number of amidine groups is 3. The number of fused-ring (bicyclic) bond motifs is 18. The zero-order valence-electron chi connectivity index (χ0n) is 85.6. The van der Waals surface area contributed by atoms with E-state index in [2.05, 4.69) is 359 Å². The van der Waals surface area contributed by atoms with Crippen LogP contribution in [-0.2, 0) is 17.1 Å². The zero-order chi connectivity index (χ0) is 100. The SMILES string of the molecule is CC(C)CCOc1c(Sc2ccccc2)c(Sc2ccccc2)c(OCCC(C)C)c2c1C1=N/C2=N\c2[n-]c(c3c(OCCC(C)C)c(Sc4ccccc4)c(Sc4ccccc4)c(OCCC(C)C)c23)NC2N=C(N=c3[n-]c(c4c(OCCC(C)C)c(Sc5ccccc5)c(Sc5ccccc5)c(OCCC(C)C)c34)=N1)c1c(OCCC(C)C)c(Sc3ccccc3)c(Sc3ccccc3)c(OCCC(C)C)c12.[Cu+2]. The maximum absolute atomic E-state index is 7.87. The van der Waals surface area contributed by atoms with Gasteiger partial charge in [0, 0.05) is 88.9 Å². The molecule has 8 bridgehead atoms. The average molecular weight is 2130 g/mol. The molecule has 145 heavy (non-hydrogen) atoms. The van der Waals surface area contributed by atoms with Crippen LogP contribution in [0, 0.1) is 47.3 Å². The van der Waals surface area contributed by atoms with Gasteiger partial charge in [-0.2, -0.15) is 0 Å². The molecule has 25 heteroatoms. The van der Waals surface area contributed by atoms with Gasteiger partial charge in [-0.25, -0.2) is 4.99 Å². The van der Waals surface area contributed by atoms with E-state index in [1.54, 1.807) is 94.1 Å². The summed E-state index contributed by atoms with van der Waals surface area (Å²) in [7, 11) is 0. The molecular weight excluding hydrogens is 2000 g/mol. The second-order valence-corrected chi connectivity index (χ2v) is 48.2. The number of rotatable bonds is 48. The second-order valence-electron chi connectivity index (χ2n) is 39.5. The molecule has 16 nitrogen and oxygen atoms in total. The minimum absolute atomic E-state index is 0. The standard InChI is InChI=1S/C120H130N8O8S8.Cu/c1-73(2)57-65-129-97-89-90(98(130-66-58-74(3)4)106(138-82-43-27-18-28-44-82)105(97)137-81-41-25-17-26-42-81)114-121-113(89)125-115-91-92(100(132-68-60-76(7)8)108(140-84-47-31-20-32-48-84)107(99(91)131-67-59-75(5)6)139-83-45-29-19-30-46-83)117(122-115)127-119-95-96(104(136-72-64-80(15)16)112(144-88-55-39-24-40-56-88)111(103(95)135-71-63-79(13)14)143-87-53-37-23-38-54-87)120(124-119)128-118-94-93(116(123-118)126-114)101(133-69-61-77(9)10)109(141-85-49-33-21-34-50-85)110(102(94)134-70-62-78(11)12)142-86-51-35-22-36-52-86;/h17-56,73-80,113,125H,57-72H2,1-16H3;/q-2;+2. The predicted molar refractivity (Wildman–Crippen MR) is 599 cm³/mol. The van der Waals surface area contributed by atoms with Crippen molar-refractivity contribution in [3.8, 4) is 46.0 Å². The largest absolute Gasteiger partial charge is 2.00 e. The maximum atomic E-state index is 7.87. The molecule has 0 fully saturated rings. The molecule has 14 aromatic rings. The molecule has 757 valence electrons.